The van der Waals surface area contributed by atoms with Crippen LogP contribution in [0.5, 0.6) is 5.75 Å². The van der Waals surface area contributed by atoms with Crippen LogP contribution in [0.2, 0.25) is 0 Å². The van der Waals surface area contributed by atoms with E-state index in [-0.39, 0.29) is 6.10 Å². The zero-order chi connectivity index (χ0) is 13.9. The summed E-state index contributed by atoms with van der Waals surface area (Å²) in [5.74, 6) is 2.67. The number of hydrogen-bond acceptors (Lipinski definition) is 4. The molecule has 0 bridgehead atoms. The van der Waals surface area contributed by atoms with Gasteiger partial charge in [0.1, 0.15) is 18.5 Å². The predicted octanol–water partition coefficient (Wildman–Crippen LogP) is 2.71. The SMILES string of the molecule is CCOC(CC)c1nnc2n1Cc1ccccc1OC2. The zero-order valence-electron chi connectivity index (χ0n) is 11.9. The molecule has 2 aromatic rings. The summed E-state index contributed by atoms with van der Waals surface area (Å²) in [5, 5.41) is 8.57. The number of aromatic nitrogens is 3. The molecular weight excluding hydrogens is 254 g/mol. The lowest BCUT2D eigenvalue weighted by molar-refractivity contribution is 0.0508. The Morgan fingerprint density at radius 1 is 1.30 bits per heavy atom. The van der Waals surface area contributed by atoms with Crippen molar-refractivity contribution >= 4 is 0 Å². The molecule has 0 spiro atoms. The van der Waals surface area contributed by atoms with Gasteiger partial charge >= 0.3 is 0 Å². The summed E-state index contributed by atoms with van der Waals surface area (Å²) in [6, 6.07) is 8.09. The van der Waals surface area contributed by atoms with Crippen LogP contribution >= 0.6 is 0 Å². The number of ether oxygens (including phenoxy) is 2. The van der Waals surface area contributed by atoms with Crippen LogP contribution in [-0.4, -0.2) is 21.4 Å². The predicted molar refractivity (Wildman–Crippen MR) is 74.6 cm³/mol. The van der Waals surface area contributed by atoms with Crippen LogP contribution < -0.4 is 4.74 Å². The van der Waals surface area contributed by atoms with Crippen LogP contribution in [0.4, 0.5) is 0 Å². The Bertz CT molecular complexity index is 595. The monoisotopic (exact) mass is 273 g/mol. The average molecular weight is 273 g/mol. The largest absolute Gasteiger partial charge is 0.485 e. The van der Waals surface area contributed by atoms with Crippen molar-refractivity contribution in [2.75, 3.05) is 6.61 Å². The van der Waals surface area contributed by atoms with E-state index in [1.54, 1.807) is 0 Å². The molecule has 0 fully saturated rings. The Labute approximate surface area is 118 Å². The van der Waals surface area contributed by atoms with Gasteiger partial charge in [-0.15, -0.1) is 10.2 Å². The first-order valence-corrected chi connectivity index (χ1v) is 7.07. The second kappa shape index (κ2) is 5.63. The van der Waals surface area contributed by atoms with Crippen LogP contribution in [0.1, 0.15) is 43.6 Å². The van der Waals surface area contributed by atoms with Gasteiger partial charge in [-0.2, -0.15) is 0 Å². The van der Waals surface area contributed by atoms with Crippen molar-refractivity contribution in [1.29, 1.82) is 0 Å². The van der Waals surface area contributed by atoms with Gasteiger partial charge in [0.05, 0.1) is 6.54 Å². The first kappa shape index (κ1) is 13.1. The van der Waals surface area contributed by atoms with Crippen LogP contribution in [-0.2, 0) is 17.9 Å². The van der Waals surface area contributed by atoms with Crippen molar-refractivity contribution in [3.8, 4) is 5.75 Å². The lowest BCUT2D eigenvalue weighted by atomic mass is 10.2. The van der Waals surface area contributed by atoms with E-state index in [1.165, 1.54) is 0 Å². The van der Waals surface area contributed by atoms with Gasteiger partial charge < -0.3 is 14.0 Å². The minimum absolute atomic E-state index is 0.00786. The van der Waals surface area contributed by atoms with Gasteiger partial charge in [0.2, 0.25) is 0 Å². The Morgan fingerprint density at radius 2 is 2.15 bits per heavy atom. The molecule has 5 nitrogen and oxygen atoms in total. The van der Waals surface area contributed by atoms with E-state index < -0.39 is 0 Å². The Hall–Kier alpha value is -1.88. The highest BCUT2D eigenvalue weighted by Gasteiger charge is 2.23. The fraction of sp³-hybridized carbons (Fsp3) is 0.467. The molecule has 0 saturated carbocycles. The first-order valence-electron chi connectivity index (χ1n) is 7.07. The molecule has 1 aromatic carbocycles. The second-order valence-electron chi connectivity index (χ2n) is 4.81. The van der Waals surface area contributed by atoms with E-state index in [2.05, 4.69) is 27.8 Å². The third kappa shape index (κ3) is 2.29. The third-order valence-corrected chi connectivity index (χ3v) is 3.54. The molecule has 0 saturated heterocycles. The molecule has 2 heterocycles. The lowest BCUT2D eigenvalue weighted by Gasteiger charge is -2.16. The van der Waals surface area contributed by atoms with Gasteiger partial charge in [-0.3, -0.25) is 0 Å². The highest BCUT2D eigenvalue weighted by atomic mass is 16.5. The summed E-state index contributed by atoms with van der Waals surface area (Å²) >= 11 is 0. The normalized spacial score (nSPS) is 14.9. The highest BCUT2D eigenvalue weighted by molar-refractivity contribution is 5.34. The van der Waals surface area contributed by atoms with Crippen molar-refractivity contribution in [1.82, 2.24) is 14.8 Å². The molecular formula is C15H19N3O2. The minimum atomic E-state index is -0.00786. The maximum Gasteiger partial charge on any atom is 0.171 e. The molecule has 0 aliphatic carbocycles. The molecule has 1 aliphatic rings. The fourth-order valence-electron chi connectivity index (χ4n) is 2.53. The maximum atomic E-state index is 5.80. The summed E-state index contributed by atoms with van der Waals surface area (Å²) in [4.78, 5) is 0. The molecule has 1 aliphatic heterocycles. The van der Waals surface area contributed by atoms with E-state index in [0.29, 0.717) is 13.2 Å². The Morgan fingerprint density at radius 3 is 2.95 bits per heavy atom. The second-order valence-corrected chi connectivity index (χ2v) is 4.81. The molecule has 0 amide bonds. The molecule has 0 N–H and O–H groups in total. The quantitative estimate of drug-likeness (QED) is 0.859. The minimum Gasteiger partial charge on any atom is -0.485 e. The number of hydrogen-bond donors (Lipinski definition) is 0. The topological polar surface area (TPSA) is 49.2 Å². The zero-order valence-corrected chi connectivity index (χ0v) is 11.9. The van der Waals surface area contributed by atoms with Gasteiger partial charge in [-0.25, -0.2) is 0 Å². The summed E-state index contributed by atoms with van der Waals surface area (Å²) in [6.07, 6.45) is 0.876. The highest BCUT2D eigenvalue weighted by Crippen LogP contribution is 2.27. The van der Waals surface area contributed by atoms with Crippen molar-refractivity contribution in [3.05, 3.63) is 41.5 Å². The lowest BCUT2D eigenvalue weighted by Crippen LogP contribution is -2.13. The van der Waals surface area contributed by atoms with Crippen LogP contribution in [0.15, 0.2) is 24.3 Å². The summed E-state index contributed by atoms with van der Waals surface area (Å²) in [6.45, 7) is 5.96. The standard InChI is InChI=1S/C15H19N3O2/c1-3-12(19-4-2)15-17-16-14-10-20-13-8-6-5-7-11(13)9-18(14)15/h5-8,12H,3-4,9-10H2,1-2H3. The van der Waals surface area contributed by atoms with Crippen molar-refractivity contribution in [2.24, 2.45) is 0 Å². The molecule has 3 rings (SSSR count). The molecule has 0 radical (unpaired) electrons. The van der Waals surface area contributed by atoms with E-state index in [0.717, 1.165) is 35.9 Å². The van der Waals surface area contributed by atoms with Gasteiger partial charge in [-0.1, -0.05) is 25.1 Å². The maximum absolute atomic E-state index is 5.80. The van der Waals surface area contributed by atoms with Crippen LogP contribution in [0.3, 0.4) is 0 Å². The number of rotatable bonds is 4. The summed E-state index contributed by atoms with van der Waals surface area (Å²) in [7, 11) is 0. The van der Waals surface area contributed by atoms with Crippen molar-refractivity contribution in [3.63, 3.8) is 0 Å². The van der Waals surface area contributed by atoms with Gasteiger partial charge in [0, 0.05) is 12.2 Å². The molecule has 1 aromatic heterocycles. The van der Waals surface area contributed by atoms with E-state index in [9.17, 15) is 0 Å². The molecule has 1 atom stereocenters. The Balaban J connectivity index is 1.98. The van der Waals surface area contributed by atoms with Gasteiger partial charge in [0.25, 0.3) is 0 Å². The van der Waals surface area contributed by atoms with E-state index in [4.69, 9.17) is 9.47 Å². The van der Waals surface area contributed by atoms with E-state index >= 15 is 0 Å². The fourth-order valence-corrected chi connectivity index (χ4v) is 2.53. The Kier molecular flexibility index (Phi) is 3.69. The summed E-state index contributed by atoms with van der Waals surface area (Å²) in [5.41, 5.74) is 1.15. The first-order chi connectivity index (χ1) is 9.83. The average Bonchev–Trinajstić information content (AvgIpc) is 2.77. The molecule has 1 unspecified atom stereocenters. The molecule has 106 valence electrons. The summed E-state index contributed by atoms with van der Waals surface area (Å²) < 4.78 is 13.7. The van der Waals surface area contributed by atoms with Gasteiger partial charge in [-0.05, 0) is 19.4 Å². The van der Waals surface area contributed by atoms with Crippen LogP contribution in [0.25, 0.3) is 0 Å². The third-order valence-electron chi connectivity index (χ3n) is 3.54. The van der Waals surface area contributed by atoms with Crippen molar-refractivity contribution in [2.45, 2.75) is 39.5 Å². The number of nitrogens with zero attached hydrogens (tertiary/aromatic N) is 3. The number of para-hydroxylation sites is 1. The van der Waals surface area contributed by atoms with E-state index in [1.807, 2.05) is 25.1 Å². The van der Waals surface area contributed by atoms with Crippen molar-refractivity contribution < 1.29 is 9.47 Å². The molecule has 5 heteroatoms. The number of fused-ring (bicyclic) bond motifs is 2. The molecule has 20 heavy (non-hydrogen) atoms. The number of benzene rings is 1. The van der Waals surface area contributed by atoms with Gasteiger partial charge in [0.15, 0.2) is 11.6 Å². The van der Waals surface area contributed by atoms with Crippen LogP contribution in [0, 0.1) is 0 Å². The smallest absolute Gasteiger partial charge is 0.171 e.